The fraction of sp³-hybridized carbons (Fsp3) is 0.368. The third-order valence-corrected chi connectivity index (χ3v) is 7.26. The van der Waals surface area contributed by atoms with Crippen molar-refractivity contribution in [3.05, 3.63) is 60.2 Å². The fourth-order valence-electron chi connectivity index (χ4n) is 2.89. The van der Waals surface area contributed by atoms with Crippen LogP contribution in [-0.4, -0.2) is 32.9 Å². The summed E-state index contributed by atoms with van der Waals surface area (Å²) in [6.45, 7) is 3.61. The number of nitrogens with one attached hydrogen (secondary N) is 1. The molecule has 3 rings (SSSR count). The van der Waals surface area contributed by atoms with Gasteiger partial charge in [-0.25, -0.2) is 13.1 Å². The van der Waals surface area contributed by atoms with Crippen molar-refractivity contribution < 1.29 is 13.2 Å². The standard InChI is InChI=1S/C19H23NO3S2/c1-16-6-5-9-18(14-16)25(21,22)20-15-19(10-12-23-13-11-19)24-17-7-3-2-4-8-17/h2-9,14,20H,10-13,15H2,1H3. The first-order chi connectivity index (χ1) is 12.0. The molecule has 2 aromatic carbocycles. The highest BCUT2D eigenvalue weighted by Crippen LogP contribution is 2.40. The first-order valence-corrected chi connectivity index (χ1v) is 10.7. The van der Waals surface area contributed by atoms with Gasteiger partial charge in [-0.15, -0.1) is 11.8 Å². The minimum Gasteiger partial charge on any atom is -0.381 e. The van der Waals surface area contributed by atoms with E-state index in [0.717, 1.165) is 23.3 Å². The predicted octanol–water partition coefficient (Wildman–Crippen LogP) is 3.61. The van der Waals surface area contributed by atoms with Crippen LogP contribution < -0.4 is 4.72 Å². The van der Waals surface area contributed by atoms with Crippen LogP contribution in [0.1, 0.15) is 18.4 Å². The quantitative estimate of drug-likeness (QED) is 0.835. The zero-order valence-corrected chi connectivity index (χ0v) is 15.9. The van der Waals surface area contributed by atoms with Crippen LogP contribution in [0.25, 0.3) is 0 Å². The molecule has 1 aliphatic rings. The molecule has 6 heteroatoms. The van der Waals surface area contributed by atoms with E-state index in [9.17, 15) is 8.42 Å². The van der Waals surface area contributed by atoms with E-state index < -0.39 is 10.0 Å². The van der Waals surface area contributed by atoms with Gasteiger partial charge in [-0.1, -0.05) is 30.3 Å². The Kier molecular flexibility index (Phi) is 5.84. The fourth-order valence-corrected chi connectivity index (χ4v) is 5.52. The molecular formula is C19H23NO3S2. The lowest BCUT2D eigenvalue weighted by molar-refractivity contribution is 0.0784. The zero-order valence-electron chi connectivity index (χ0n) is 14.3. The molecule has 0 bridgehead atoms. The van der Waals surface area contributed by atoms with E-state index in [2.05, 4.69) is 16.9 Å². The van der Waals surface area contributed by atoms with Crippen LogP contribution >= 0.6 is 11.8 Å². The molecule has 134 valence electrons. The number of ether oxygens (including phenoxy) is 1. The summed E-state index contributed by atoms with van der Waals surface area (Å²) in [5.74, 6) is 0. The lowest BCUT2D eigenvalue weighted by atomic mass is 9.99. The van der Waals surface area contributed by atoms with Crippen LogP contribution in [0.15, 0.2) is 64.4 Å². The molecule has 1 saturated heterocycles. The molecule has 0 aliphatic carbocycles. The van der Waals surface area contributed by atoms with Gasteiger partial charge in [0.1, 0.15) is 0 Å². The Labute approximate surface area is 154 Å². The number of hydrogen-bond donors (Lipinski definition) is 1. The minimum atomic E-state index is -3.52. The summed E-state index contributed by atoms with van der Waals surface area (Å²) in [5, 5.41) is 0. The average Bonchev–Trinajstić information content (AvgIpc) is 2.62. The van der Waals surface area contributed by atoms with Gasteiger partial charge in [-0.2, -0.15) is 0 Å². The summed E-state index contributed by atoms with van der Waals surface area (Å²) >= 11 is 1.74. The summed E-state index contributed by atoms with van der Waals surface area (Å²) in [4.78, 5) is 1.47. The second kappa shape index (κ2) is 7.91. The van der Waals surface area contributed by atoms with Crippen molar-refractivity contribution in [3.8, 4) is 0 Å². The van der Waals surface area contributed by atoms with Gasteiger partial charge in [0.2, 0.25) is 10.0 Å². The van der Waals surface area contributed by atoms with Gasteiger partial charge in [-0.3, -0.25) is 0 Å². The molecule has 0 spiro atoms. The molecule has 0 unspecified atom stereocenters. The van der Waals surface area contributed by atoms with Crippen LogP contribution in [0.5, 0.6) is 0 Å². The highest BCUT2D eigenvalue weighted by Gasteiger charge is 2.35. The molecule has 0 aromatic heterocycles. The summed E-state index contributed by atoms with van der Waals surface area (Å²) < 4.78 is 33.5. The van der Waals surface area contributed by atoms with Crippen LogP contribution in [0.3, 0.4) is 0 Å². The van der Waals surface area contributed by atoms with Crippen molar-refractivity contribution in [2.45, 2.75) is 34.3 Å². The first kappa shape index (κ1) is 18.5. The van der Waals surface area contributed by atoms with Gasteiger partial charge >= 0.3 is 0 Å². The normalized spacial score (nSPS) is 17.3. The number of hydrogen-bond acceptors (Lipinski definition) is 4. The molecule has 2 aromatic rings. The van der Waals surface area contributed by atoms with Crippen LogP contribution in [0.2, 0.25) is 0 Å². The largest absolute Gasteiger partial charge is 0.381 e. The number of benzene rings is 2. The first-order valence-electron chi connectivity index (χ1n) is 8.37. The van der Waals surface area contributed by atoms with E-state index in [-0.39, 0.29) is 4.75 Å². The molecule has 1 fully saturated rings. The van der Waals surface area contributed by atoms with E-state index in [4.69, 9.17) is 4.74 Å². The summed E-state index contributed by atoms with van der Waals surface area (Å²) in [7, 11) is -3.52. The Bertz CT molecular complexity index is 800. The van der Waals surface area contributed by atoms with Gasteiger partial charge < -0.3 is 4.74 Å². The van der Waals surface area contributed by atoms with E-state index in [0.29, 0.717) is 24.7 Å². The number of thioether (sulfide) groups is 1. The van der Waals surface area contributed by atoms with E-state index in [1.165, 1.54) is 0 Å². The van der Waals surface area contributed by atoms with Gasteiger partial charge in [0, 0.05) is 29.4 Å². The number of rotatable bonds is 6. The van der Waals surface area contributed by atoms with Crippen molar-refractivity contribution in [3.63, 3.8) is 0 Å². The Morgan fingerprint density at radius 2 is 1.80 bits per heavy atom. The molecule has 1 N–H and O–H groups in total. The van der Waals surface area contributed by atoms with Crippen molar-refractivity contribution in [2.75, 3.05) is 19.8 Å². The van der Waals surface area contributed by atoms with E-state index >= 15 is 0 Å². The SMILES string of the molecule is Cc1cccc(S(=O)(=O)NCC2(Sc3ccccc3)CCOCC2)c1. The van der Waals surface area contributed by atoms with Crippen LogP contribution in [-0.2, 0) is 14.8 Å². The highest BCUT2D eigenvalue weighted by molar-refractivity contribution is 8.00. The van der Waals surface area contributed by atoms with Crippen LogP contribution in [0, 0.1) is 6.92 Å². The van der Waals surface area contributed by atoms with Crippen LogP contribution in [0.4, 0.5) is 0 Å². The Morgan fingerprint density at radius 1 is 1.08 bits per heavy atom. The summed E-state index contributed by atoms with van der Waals surface area (Å²) in [6.07, 6.45) is 1.64. The molecule has 0 amide bonds. The van der Waals surface area contributed by atoms with E-state index in [1.807, 2.05) is 31.2 Å². The lowest BCUT2D eigenvalue weighted by Crippen LogP contribution is -2.44. The number of aryl methyl sites for hydroxylation is 1. The van der Waals surface area contributed by atoms with Gasteiger partial charge in [0.05, 0.1) is 4.90 Å². The number of sulfonamides is 1. The van der Waals surface area contributed by atoms with Crippen molar-refractivity contribution in [1.82, 2.24) is 4.72 Å². The monoisotopic (exact) mass is 377 g/mol. The molecule has 0 radical (unpaired) electrons. The smallest absolute Gasteiger partial charge is 0.240 e. The third-order valence-electron chi connectivity index (χ3n) is 4.37. The van der Waals surface area contributed by atoms with Gasteiger partial charge in [0.15, 0.2) is 0 Å². The minimum absolute atomic E-state index is 0.184. The Morgan fingerprint density at radius 3 is 2.48 bits per heavy atom. The molecule has 0 saturated carbocycles. The topological polar surface area (TPSA) is 55.4 Å². The molecular weight excluding hydrogens is 354 g/mol. The Hall–Kier alpha value is -1.34. The predicted molar refractivity (Wildman–Crippen MR) is 101 cm³/mol. The lowest BCUT2D eigenvalue weighted by Gasteiger charge is -2.36. The Balaban J connectivity index is 1.76. The zero-order chi connectivity index (χ0) is 17.8. The second-order valence-corrected chi connectivity index (χ2v) is 9.66. The summed E-state index contributed by atoms with van der Waals surface area (Å²) in [6, 6.07) is 17.1. The molecule has 1 aliphatic heterocycles. The van der Waals surface area contributed by atoms with Gasteiger partial charge in [0.25, 0.3) is 0 Å². The molecule has 1 heterocycles. The molecule has 25 heavy (non-hydrogen) atoms. The average molecular weight is 378 g/mol. The van der Waals surface area contributed by atoms with Crippen molar-refractivity contribution in [2.24, 2.45) is 0 Å². The third kappa shape index (κ3) is 4.85. The molecule has 0 atom stereocenters. The maximum atomic E-state index is 12.7. The highest BCUT2D eigenvalue weighted by atomic mass is 32.2. The van der Waals surface area contributed by atoms with Gasteiger partial charge in [-0.05, 0) is 49.6 Å². The second-order valence-electron chi connectivity index (χ2n) is 6.35. The summed E-state index contributed by atoms with van der Waals surface area (Å²) in [5.41, 5.74) is 0.933. The maximum absolute atomic E-state index is 12.7. The maximum Gasteiger partial charge on any atom is 0.240 e. The van der Waals surface area contributed by atoms with Crippen molar-refractivity contribution >= 4 is 21.8 Å². The molecule has 4 nitrogen and oxygen atoms in total. The van der Waals surface area contributed by atoms with E-state index in [1.54, 1.807) is 30.0 Å². The van der Waals surface area contributed by atoms with Crippen molar-refractivity contribution in [1.29, 1.82) is 0 Å².